The van der Waals surface area contributed by atoms with Crippen LogP contribution in [0.15, 0.2) is 29.2 Å². The third kappa shape index (κ3) is 5.68. The van der Waals surface area contributed by atoms with Crippen molar-refractivity contribution in [3.63, 3.8) is 0 Å². The molecule has 6 nitrogen and oxygen atoms in total. The first kappa shape index (κ1) is 22.7. The molecule has 2 aliphatic carbocycles. The quantitative estimate of drug-likeness (QED) is 0.642. The topological polar surface area (TPSA) is 78.5 Å². The van der Waals surface area contributed by atoms with E-state index in [0.717, 1.165) is 43.3 Å². The summed E-state index contributed by atoms with van der Waals surface area (Å²) < 4.78 is 27.9. The predicted octanol–water partition coefficient (Wildman–Crippen LogP) is 2.93. The van der Waals surface area contributed by atoms with Gasteiger partial charge in [-0.15, -0.1) is 0 Å². The molecule has 3 aliphatic rings. The fraction of sp³-hybridized carbons (Fsp3) is 0.708. The number of rotatable bonds is 8. The summed E-state index contributed by atoms with van der Waals surface area (Å²) in [5, 5.41) is 3.26. The molecule has 4 rings (SSSR count). The molecule has 1 amide bonds. The Morgan fingerprint density at radius 2 is 1.94 bits per heavy atom. The summed E-state index contributed by atoms with van der Waals surface area (Å²) in [4.78, 5) is 15.1. The number of hydrogen-bond acceptors (Lipinski definition) is 4. The van der Waals surface area contributed by atoms with E-state index in [1.165, 1.54) is 25.7 Å². The van der Waals surface area contributed by atoms with E-state index in [1.807, 2.05) is 19.1 Å². The van der Waals surface area contributed by atoms with Gasteiger partial charge in [0.15, 0.2) is 0 Å². The Kier molecular flexibility index (Phi) is 7.04. The molecule has 1 aromatic rings. The van der Waals surface area contributed by atoms with Gasteiger partial charge in [-0.25, -0.2) is 13.1 Å². The number of nitrogens with one attached hydrogen (secondary N) is 2. The Morgan fingerprint density at radius 3 is 2.61 bits per heavy atom. The molecule has 2 N–H and O–H groups in total. The SMILES string of the molecule is Cc1ccc(S(=O)(=O)NC[C@@H]2CCCN(CC(=O)N[C@@H](C)[C@H]3C[C@H]4CC[C@H]3C4)C2)cc1. The molecule has 1 aliphatic heterocycles. The Balaban J connectivity index is 1.23. The van der Waals surface area contributed by atoms with E-state index < -0.39 is 10.0 Å². The van der Waals surface area contributed by atoms with Crippen LogP contribution in [0.25, 0.3) is 0 Å². The molecular formula is C24H37N3O3S. The van der Waals surface area contributed by atoms with Crippen LogP contribution in [-0.2, 0) is 14.8 Å². The molecule has 0 spiro atoms. The van der Waals surface area contributed by atoms with Crippen LogP contribution >= 0.6 is 0 Å². The molecule has 2 bridgehead atoms. The van der Waals surface area contributed by atoms with Crippen molar-refractivity contribution in [3.8, 4) is 0 Å². The molecule has 0 aromatic heterocycles. The summed E-state index contributed by atoms with van der Waals surface area (Å²) in [5.41, 5.74) is 1.04. The van der Waals surface area contributed by atoms with Gasteiger partial charge in [0.25, 0.3) is 0 Å². The van der Waals surface area contributed by atoms with Crippen LogP contribution in [0.2, 0.25) is 0 Å². The van der Waals surface area contributed by atoms with Gasteiger partial charge in [-0.1, -0.05) is 24.1 Å². The number of aryl methyl sites for hydroxylation is 1. The van der Waals surface area contributed by atoms with Crippen LogP contribution in [0.4, 0.5) is 0 Å². The Bertz CT molecular complexity index is 871. The molecule has 5 atom stereocenters. The minimum Gasteiger partial charge on any atom is -0.352 e. The molecular weight excluding hydrogens is 410 g/mol. The highest BCUT2D eigenvalue weighted by Gasteiger charge is 2.42. The van der Waals surface area contributed by atoms with E-state index in [-0.39, 0.29) is 17.9 Å². The second-order valence-electron chi connectivity index (χ2n) is 10.1. The maximum Gasteiger partial charge on any atom is 0.240 e. The van der Waals surface area contributed by atoms with Gasteiger partial charge in [0.2, 0.25) is 15.9 Å². The lowest BCUT2D eigenvalue weighted by Crippen LogP contribution is -2.48. The Hall–Kier alpha value is -1.44. The second kappa shape index (κ2) is 9.59. The molecule has 7 heteroatoms. The zero-order chi connectivity index (χ0) is 22.0. The lowest BCUT2D eigenvalue weighted by atomic mass is 9.84. The van der Waals surface area contributed by atoms with Gasteiger partial charge >= 0.3 is 0 Å². The van der Waals surface area contributed by atoms with Crippen LogP contribution in [-0.4, -0.2) is 51.4 Å². The minimum atomic E-state index is -3.49. The van der Waals surface area contributed by atoms with E-state index in [2.05, 4.69) is 21.9 Å². The number of likely N-dealkylation sites (tertiary alicyclic amines) is 1. The van der Waals surface area contributed by atoms with E-state index >= 15 is 0 Å². The summed E-state index contributed by atoms with van der Waals surface area (Å²) >= 11 is 0. The van der Waals surface area contributed by atoms with Gasteiger partial charge in [0.05, 0.1) is 11.4 Å². The Labute approximate surface area is 187 Å². The number of sulfonamides is 1. The average Bonchev–Trinajstić information content (AvgIpc) is 3.37. The first-order valence-corrected chi connectivity index (χ1v) is 13.4. The summed E-state index contributed by atoms with van der Waals surface area (Å²) in [7, 11) is -3.49. The van der Waals surface area contributed by atoms with Crippen LogP contribution < -0.4 is 10.0 Å². The maximum absolute atomic E-state index is 12.7. The summed E-state index contributed by atoms with van der Waals surface area (Å²) in [6, 6.07) is 7.17. The zero-order valence-electron chi connectivity index (χ0n) is 18.8. The molecule has 3 fully saturated rings. The zero-order valence-corrected chi connectivity index (χ0v) is 19.7. The first-order valence-electron chi connectivity index (χ1n) is 11.9. The smallest absolute Gasteiger partial charge is 0.240 e. The molecule has 1 saturated heterocycles. The second-order valence-corrected chi connectivity index (χ2v) is 11.9. The third-order valence-electron chi connectivity index (χ3n) is 7.69. The average molecular weight is 448 g/mol. The number of fused-ring (bicyclic) bond motifs is 2. The van der Waals surface area contributed by atoms with Crippen LogP contribution in [0.1, 0.15) is 51.0 Å². The molecule has 1 aromatic carbocycles. The molecule has 0 unspecified atom stereocenters. The van der Waals surface area contributed by atoms with Gasteiger partial charge in [-0.2, -0.15) is 0 Å². The van der Waals surface area contributed by atoms with E-state index in [0.29, 0.717) is 23.9 Å². The number of nitrogens with zero attached hydrogens (tertiary/aromatic N) is 1. The van der Waals surface area contributed by atoms with Crippen molar-refractivity contribution in [1.29, 1.82) is 0 Å². The predicted molar refractivity (Wildman–Crippen MR) is 122 cm³/mol. The van der Waals surface area contributed by atoms with Gasteiger partial charge < -0.3 is 5.32 Å². The van der Waals surface area contributed by atoms with Crippen molar-refractivity contribution in [1.82, 2.24) is 14.9 Å². The molecule has 2 saturated carbocycles. The number of piperidine rings is 1. The largest absolute Gasteiger partial charge is 0.352 e. The van der Waals surface area contributed by atoms with Crippen LogP contribution in [0.5, 0.6) is 0 Å². The van der Waals surface area contributed by atoms with E-state index in [9.17, 15) is 13.2 Å². The fourth-order valence-corrected chi connectivity index (χ4v) is 7.12. The summed E-state index contributed by atoms with van der Waals surface area (Å²) in [6.07, 6.45) is 7.32. The van der Waals surface area contributed by atoms with Gasteiger partial charge in [-0.05, 0) is 88.3 Å². The molecule has 31 heavy (non-hydrogen) atoms. The van der Waals surface area contributed by atoms with Gasteiger partial charge in [0, 0.05) is 19.1 Å². The normalized spacial score (nSPS) is 29.7. The van der Waals surface area contributed by atoms with Crippen molar-refractivity contribution in [2.24, 2.45) is 23.7 Å². The minimum absolute atomic E-state index is 0.108. The monoisotopic (exact) mass is 447 g/mol. The number of amides is 1. The van der Waals surface area contributed by atoms with Crippen molar-refractivity contribution in [2.45, 2.75) is 63.3 Å². The van der Waals surface area contributed by atoms with Gasteiger partial charge in [0.1, 0.15) is 0 Å². The summed E-state index contributed by atoms with van der Waals surface area (Å²) in [5.74, 6) is 2.68. The Morgan fingerprint density at radius 1 is 1.16 bits per heavy atom. The van der Waals surface area contributed by atoms with Crippen molar-refractivity contribution < 1.29 is 13.2 Å². The third-order valence-corrected chi connectivity index (χ3v) is 9.13. The maximum atomic E-state index is 12.7. The van der Waals surface area contributed by atoms with Gasteiger partial charge in [-0.3, -0.25) is 9.69 Å². The number of hydrogen-bond donors (Lipinski definition) is 2. The van der Waals surface area contributed by atoms with Crippen molar-refractivity contribution in [2.75, 3.05) is 26.2 Å². The highest BCUT2D eigenvalue weighted by atomic mass is 32.2. The first-order chi connectivity index (χ1) is 14.8. The van der Waals surface area contributed by atoms with Crippen molar-refractivity contribution in [3.05, 3.63) is 29.8 Å². The molecule has 0 radical (unpaired) electrons. The standard InChI is InChI=1S/C24H37N3O3S/c1-17-5-9-22(10-6-17)31(29,30)25-14-20-4-3-11-27(15-20)16-24(28)26-18(2)23-13-19-7-8-21(23)12-19/h5-6,9-10,18-21,23,25H,3-4,7-8,11-16H2,1-2H3,(H,26,28)/t18-,19-,20-,21-,23+/m0/s1. The van der Waals surface area contributed by atoms with Crippen molar-refractivity contribution >= 4 is 15.9 Å². The highest BCUT2D eigenvalue weighted by Crippen LogP contribution is 2.49. The molecule has 1 heterocycles. The lowest BCUT2D eigenvalue weighted by Gasteiger charge is -2.33. The summed E-state index contributed by atoms with van der Waals surface area (Å²) in [6.45, 7) is 6.59. The number of benzene rings is 1. The van der Waals surface area contributed by atoms with E-state index in [1.54, 1.807) is 12.1 Å². The fourth-order valence-electron chi connectivity index (χ4n) is 6.01. The van der Waals surface area contributed by atoms with E-state index in [4.69, 9.17) is 0 Å². The highest BCUT2D eigenvalue weighted by molar-refractivity contribution is 7.89. The van der Waals surface area contributed by atoms with Crippen LogP contribution in [0, 0.1) is 30.6 Å². The lowest BCUT2D eigenvalue weighted by molar-refractivity contribution is -0.123. The number of carbonyl (C=O) groups excluding carboxylic acids is 1. The number of carbonyl (C=O) groups is 1. The molecule has 172 valence electrons. The van der Waals surface area contributed by atoms with Crippen LogP contribution in [0.3, 0.4) is 0 Å².